The maximum atomic E-state index is 3.55. The molecule has 128 valence electrons. The van der Waals surface area contributed by atoms with E-state index in [0.29, 0.717) is 0 Å². The molecule has 5 rings (SSSR count). The summed E-state index contributed by atoms with van der Waals surface area (Å²) >= 11 is 0. The van der Waals surface area contributed by atoms with Crippen molar-refractivity contribution in [3.05, 3.63) is 91.7 Å². The van der Waals surface area contributed by atoms with Gasteiger partial charge in [0.05, 0.1) is 0 Å². The van der Waals surface area contributed by atoms with E-state index in [-0.39, 0.29) is 0 Å². The lowest BCUT2D eigenvalue weighted by Crippen LogP contribution is -2.12. The number of rotatable bonds is 0. The van der Waals surface area contributed by atoms with Crippen LogP contribution in [0.1, 0.15) is 33.9 Å². The zero-order chi connectivity index (χ0) is 17.7. The van der Waals surface area contributed by atoms with Gasteiger partial charge < -0.3 is 19.9 Å². The number of nitrogens with one attached hydrogen (secondary N) is 4. The highest BCUT2D eigenvalue weighted by atomic mass is 14.8. The monoisotopic (exact) mass is 340 g/mol. The van der Waals surface area contributed by atoms with Crippen molar-refractivity contribution in [2.45, 2.75) is 13.8 Å². The van der Waals surface area contributed by atoms with Crippen molar-refractivity contribution in [2.75, 3.05) is 0 Å². The van der Waals surface area contributed by atoms with E-state index in [1.165, 1.54) is 11.1 Å². The highest BCUT2D eigenvalue weighted by molar-refractivity contribution is 5.56. The summed E-state index contributed by atoms with van der Waals surface area (Å²) in [5, 5.41) is 4.41. The van der Waals surface area contributed by atoms with Gasteiger partial charge in [-0.25, -0.2) is 0 Å². The average Bonchev–Trinajstić information content (AvgIpc) is 3.38. The average molecular weight is 340 g/mol. The molecule has 4 heteroatoms. The molecule has 8 bridgehead atoms. The molecule has 0 unspecified atom stereocenters. The Morgan fingerprint density at radius 1 is 0.462 bits per heavy atom. The van der Waals surface area contributed by atoms with Crippen molar-refractivity contribution in [2.24, 2.45) is 0 Å². The van der Waals surface area contributed by atoms with Crippen LogP contribution in [-0.2, 0) is 0 Å². The molecule has 0 saturated carbocycles. The number of H-pyrrole nitrogens is 4. The number of aromatic amines is 4. The lowest BCUT2D eigenvalue weighted by Gasteiger charge is -1.89. The van der Waals surface area contributed by atoms with Gasteiger partial charge in [-0.2, -0.15) is 0 Å². The molecule has 5 heterocycles. The Morgan fingerprint density at radius 2 is 0.885 bits per heavy atom. The van der Waals surface area contributed by atoms with Crippen LogP contribution in [0.2, 0.25) is 0 Å². The van der Waals surface area contributed by atoms with E-state index >= 15 is 0 Å². The van der Waals surface area contributed by atoms with Gasteiger partial charge in [0.25, 0.3) is 0 Å². The molecule has 0 amide bonds. The Bertz CT molecular complexity index is 1250. The van der Waals surface area contributed by atoms with Crippen molar-refractivity contribution in [3.8, 4) is 0 Å². The third kappa shape index (κ3) is 2.56. The Labute approximate surface area is 150 Å². The maximum Gasteiger partial charge on any atom is 0.0438 e. The van der Waals surface area contributed by atoms with Gasteiger partial charge in [-0.05, 0) is 85.7 Å². The molecule has 26 heavy (non-hydrogen) atoms. The molecule has 0 aliphatic carbocycles. The molecule has 1 aliphatic heterocycles. The fraction of sp³-hybridized carbons (Fsp3) is 0.0909. The van der Waals surface area contributed by atoms with E-state index in [1.807, 2.05) is 0 Å². The molecule has 0 aromatic carbocycles. The molecular formula is C22H20N4. The second-order valence-corrected chi connectivity index (χ2v) is 6.89. The third-order valence-electron chi connectivity index (χ3n) is 5.05. The van der Waals surface area contributed by atoms with Crippen molar-refractivity contribution in [1.29, 1.82) is 0 Å². The molecule has 4 N–H and O–H groups in total. The number of fused-ring (bicyclic) bond motifs is 8. The fourth-order valence-electron chi connectivity index (χ4n) is 3.47. The lowest BCUT2D eigenvalue weighted by atomic mass is 10.2. The summed E-state index contributed by atoms with van der Waals surface area (Å²) in [5.41, 5.74) is 6.86. The fourth-order valence-corrected chi connectivity index (χ4v) is 3.47. The van der Waals surface area contributed by atoms with Crippen molar-refractivity contribution < 1.29 is 0 Å². The smallest absolute Gasteiger partial charge is 0.0438 e. The van der Waals surface area contributed by atoms with Crippen LogP contribution in [-0.4, -0.2) is 19.9 Å². The summed E-state index contributed by atoms with van der Waals surface area (Å²) in [5.74, 6) is 0. The van der Waals surface area contributed by atoms with Gasteiger partial charge in [0, 0.05) is 44.2 Å². The normalized spacial score (nSPS) is 12.7. The summed E-state index contributed by atoms with van der Waals surface area (Å²) in [6.45, 7) is 4.32. The minimum atomic E-state index is 1.07. The highest BCUT2D eigenvalue weighted by Gasteiger charge is 2.03. The zero-order valence-corrected chi connectivity index (χ0v) is 14.8. The van der Waals surface area contributed by atoms with Crippen LogP contribution in [0.15, 0.2) is 36.4 Å². The lowest BCUT2D eigenvalue weighted by molar-refractivity contribution is 1.22. The molecule has 0 fully saturated rings. The first-order valence-corrected chi connectivity index (χ1v) is 8.79. The molecule has 0 atom stereocenters. The van der Waals surface area contributed by atoms with Gasteiger partial charge in [0.15, 0.2) is 0 Å². The van der Waals surface area contributed by atoms with Crippen LogP contribution >= 0.6 is 0 Å². The van der Waals surface area contributed by atoms with Crippen molar-refractivity contribution in [1.82, 2.24) is 19.9 Å². The molecule has 1 aliphatic rings. The quantitative estimate of drug-likeness (QED) is 0.328. The molecule has 0 radical (unpaired) electrons. The van der Waals surface area contributed by atoms with E-state index in [4.69, 9.17) is 0 Å². The van der Waals surface area contributed by atoms with Gasteiger partial charge in [-0.3, -0.25) is 0 Å². The number of hydrogen-bond donors (Lipinski definition) is 4. The van der Waals surface area contributed by atoms with E-state index < -0.39 is 0 Å². The van der Waals surface area contributed by atoms with Crippen LogP contribution < -0.4 is 21.4 Å². The Balaban J connectivity index is 1.83. The third-order valence-corrected chi connectivity index (χ3v) is 5.05. The van der Waals surface area contributed by atoms with Crippen LogP contribution in [0.5, 0.6) is 0 Å². The minimum absolute atomic E-state index is 1.07. The van der Waals surface area contributed by atoms with Gasteiger partial charge in [0.2, 0.25) is 0 Å². The first-order chi connectivity index (χ1) is 12.6. The summed E-state index contributed by atoms with van der Waals surface area (Å²) in [4.78, 5) is 13.9. The van der Waals surface area contributed by atoms with Crippen LogP contribution in [0.25, 0.3) is 24.3 Å². The highest BCUT2D eigenvalue weighted by Crippen LogP contribution is 2.06. The number of hydrogen-bond acceptors (Lipinski definition) is 0. The molecule has 0 spiro atoms. The zero-order valence-electron chi connectivity index (χ0n) is 14.8. The maximum absolute atomic E-state index is 3.55. The van der Waals surface area contributed by atoms with Crippen molar-refractivity contribution in [3.63, 3.8) is 0 Å². The first-order valence-electron chi connectivity index (χ1n) is 8.79. The number of aromatic nitrogens is 4. The predicted octanol–water partition coefficient (Wildman–Crippen LogP) is 1.24. The SMILES string of the molecule is Cc1c(C)c2[nH]c1=Cc1ccc([nH]1)C=c1ccc([nH]1)=Cc1ccc([nH]1)C=2. The van der Waals surface area contributed by atoms with Gasteiger partial charge in [0.1, 0.15) is 0 Å². The van der Waals surface area contributed by atoms with Crippen LogP contribution in [0, 0.1) is 13.8 Å². The minimum Gasteiger partial charge on any atom is -0.355 e. The Kier molecular flexibility index (Phi) is 3.19. The molecule has 4 nitrogen and oxygen atoms in total. The Morgan fingerprint density at radius 3 is 1.35 bits per heavy atom. The van der Waals surface area contributed by atoms with E-state index in [2.05, 4.69) is 94.5 Å². The van der Waals surface area contributed by atoms with Gasteiger partial charge >= 0.3 is 0 Å². The predicted molar refractivity (Wildman–Crippen MR) is 105 cm³/mol. The standard InChI is InChI=1S/C22H20N4/c1-13-14(2)22-12-20-8-6-18(25-20)10-16-4-3-15(23-16)9-17-5-7-19(24-17)11-21(13)26-22/h3-12,23-26H,1-2H3. The molecule has 4 aromatic rings. The Hall–Kier alpha value is -3.40. The van der Waals surface area contributed by atoms with Crippen LogP contribution in [0.4, 0.5) is 0 Å². The van der Waals surface area contributed by atoms with E-state index in [0.717, 1.165) is 44.2 Å². The second-order valence-electron chi connectivity index (χ2n) is 6.89. The van der Waals surface area contributed by atoms with Gasteiger partial charge in [-0.1, -0.05) is 0 Å². The van der Waals surface area contributed by atoms with Crippen molar-refractivity contribution >= 4 is 24.3 Å². The van der Waals surface area contributed by atoms with E-state index in [9.17, 15) is 0 Å². The first kappa shape index (κ1) is 14.9. The molecule has 4 aromatic heterocycles. The second kappa shape index (κ2) is 5.56. The molecule has 0 saturated heterocycles. The summed E-state index contributed by atoms with van der Waals surface area (Å²) < 4.78 is 0. The summed E-state index contributed by atoms with van der Waals surface area (Å²) in [6.07, 6.45) is 8.56. The summed E-state index contributed by atoms with van der Waals surface area (Å²) in [6, 6.07) is 12.6. The van der Waals surface area contributed by atoms with E-state index in [1.54, 1.807) is 0 Å². The van der Waals surface area contributed by atoms with Gasteiger partial charge in [-0.15, -0.1) is 0 Å². The molecular weight excluding hydrogens is 320 g/mol. The largest absolute Gasteiger partial charge is 0.355 e. The van der Waals surface area contributed by atoms with Crippen LogP contribution in [0.3, 0.4) is 0 Å². The summed E-state index contributed by atoms with van der Waals surface area (Å²) in [7, 11) is 0. The topological polar surface area (TPSA) is 63.2 Å².